The number of ketones is 1. The van der Waals surface area contributed by atoms with Crippen LogP contribution in [0, 0.1) is 26.6 Å². The molecule has 1 heterocycles. The van der Waals surface area contributed by atoms with Crippen LogP contribution >= 0.6 is 0 Å². The van der Waals surface area contributed by atoms with Gasteiger partial charge in [0.05, 0.1) is 11.6 Å². The summed E-state index contributed by atoms with van der Waals surface area (Å²) in [5, 5.41) is 11.2. The predicted molar refractivity (Wildman–Crippen MR) is 130 cm³/mol. The van der Waals surface area contributed by atoms with Gasteiger partial charge < -0.3 is 9.84 Å². The van der Waals surface area contributed by atoms with Crippen LogP contribution in [0.4, 0.5) is 10.1 Å². The van der Waals surface area contributed by atoms with E-state index in [0.29, 0.717) is 22.6 Å². The molecule has 3 aromatic carbocycles. The average Bonchev–Trinajstić information content (AvgIpc) is 3.07. The van der Waals surface area contributed by atoms with Crippen molar-refractivity contribution >= 4 is 29.1 Å². The second kappa shape index (κ2) is 9.18. The highest BCUT2D eigenvalue weighted by atomic mass is 19.1. The van der Waals surface area contributed by atoms with E-state index in [1.54, 1.807) is 37.3 Å². The number of Topliss-reactive ketones (excluding diaryl/α,β-unsaturated/α-hetero) is 1. The summed E-state index contributed by atoms with van der Waals surface area (Å²) >= 11 is 0. The molecule has 1 unspecified atom stereocenters. The number of amides is 1. The van der Waals surface area contributed by atoms with Gasteiger partial charge in [-0.15, -0.1) is 0 Å². The van der Waals surface area contributed by atoms with E-state index in [2.05, 4.69) is 0 Å². The molecule has 0 saturated carbocycles. The summed E-state index contributed by atoms with van der Waals surface area (Å²) in [7, 11) is 0. The lowest BCUT2D eigenvalue weighted by Crippen LogP contribution is -2.29. The molecule has 0 spiro atoms. The minimum Gasteiger partial charge on any atom is -0.507 e. The zero-order chi connectivity index (χ0) is 25.4. The van der Waals surface area contributed by atoms with Gasteiger partial charge in [-0.25, -0.2) is 4.39 Å². The summed E-state index contributed by atoms with van der Waals surface area (Å²) in [6, 6.07) is 14.8. The van der Waals surface area contributed by atoms with E-state index in [0.717, 1.165) is 11.1 Å². The van der Waals surface area contributed by atoms with E-state index in [1.165, 1.54) is 30.0 Å². The molecule has 1 atom stereocenters. The number of aryl methyl sites for hydroxylation is 3. The minimum atomic E-state index is -0.950. The zero-order valence-corrected chi connectivity index (χ0v) is 19.8. The Morgan fingerprint density at radius 3 is 2.20 bits per heavy atom. The maximum atomic E-state index is 13.8. The molecule has 1 aliphatic rings. The molecule has 0 radical (unpaired) electrons. The first-order valence-corrected chi connectivity index (χ1v) is 11.0. The van der Waals surface area contributed by atoms with Gasteiger partial charge in [0.2, 0.25) is 0 Å². The minimum absolute atomic E-state index is 0.112. The Bertz CT molecular complexity index is 1390. The fraction of sp³-hybridized carbons (Fsp3) is 0.179. The molecule has 3 aromatic rings. The number of aliphatic hydroxyl groups excluding tert-OH is 1. The highest BCUT2D eigenvalue weighted by Gasteiger charge is 2.47. The van der Waals surface area contributed by atoms with Crippen molar-refractivity contribution in [2.75, 3.05) is 4.90 Å². The second-order valence-electron chi connectivity index (χ2n) is 8.56. The first-order valence-electron chi connectivity index (χ1n) is 11.0. The number of hydrogen-bond donors (Lipinski definition) is 1. The highest BCUT2D eigenvalue weighted by molar-refractivity contribution is 6.51. The average molecular weight is 474 g/mol. The smallest absolute Gasteiger partial charge is 0.308 e. The second-order valence-corrected chi connectivity index (χ2v) is 8.56. The van der Waals surface area contributed by atoms with E-state index in [1.807, 2.05) is 26.0 Å². The van der Waals surface area contributed by atoms with Crippen LogP contribution < -0.4 is 9.64 Å². The van der Waals surface area contributed by atoms with Crippen LogP contribution in [-0.4, -0.2) is 22.8 Å². The van der Waals surface area contributed by atoms with Gasteiger partial charge in [-0.2, -0.15) is 0 Å². The normalized spacial score (nSPS) is 17.1. The van der Waals surface area contributed by atoms with Crippen LogP contribution in [0.5, 0.6) is 5.75 Å². The van der Waals surface area contributed by atoms with E-state index in [4.69, 9.17) is 4.74 Å². The number of esters is 1. The number of halogens is 1. The van der Waals surface area contributed by atoms with Crippen molar-refractivity contribution in [1.82, 2.24) is 0 Å². The fourth-order valence-corrected chi connectivity index (χ4v) is 4.12. The Morgan fingerprint density at radius 1 is 0.914 bits per heavy atom. The van der Waals surface area contributed by atoms with Crippen molar-refractivity contribution in [3.8, 4) is 5.75 Å². The summed E-state index contributed by atoms with van der Waals surface area (Å²) in [5.74, 6) is -2.66. The lowest BCUT2D eigenvalue weighted by molar-refractivity contribution is -0.132. The number of rotatable bonds is 4. The van der Waals surface area contributed by atoms with Crippen LogP contribution in [0.3, 0.4) is 0 Å². The fourth-order valence-electron chi connectivity index (χ4n) is 4.12. The summed E-state index contributed by atoms with van der Waals surface area (Å²) in [4.78, 5) is 39.2. The third-order valence-electron chi connectivity index (χ3n) is 6.10. The standard InChI is InChI=1S/C28H24FNO5/c1-15-5-9-21(14-16(15)2)30-25(19-6-10-22(11-7-19)35-18(4)31)24(27(33)28(30)34)26(32)20-8-12-23(29)17(3)13-20/h5-14,25,32H,1-4H3/b26-24+. The molecule has 7 heteroatoms. The molecule has 1 fully saturated rings. The molecule has 1 aliphatic heterocycles. The molecule has 0 bridgehead atoms. The van der Waals surface area contributed by atoms with Crippen LogP contribution in [0.15, 0.2) is 66.2 Å². The molecule has 178 valence electrons. The lowest BCUT2D eigenvalue weighted by atomic mass is 9.94. The first-order chi connectivity index (χ1) is 16.6. The molecule has 1 N–H and O–H groups in total. The Morgan fingerprint density at radius 2 is 1.60 bits per heavy atom. The van der Waals surface area contributed by atoms with Gasteiger partial charge in [-0.05, 0) is 85.5 Å². The SMILES string of the molecule is CC(=O)Oc1ccc(C2/C(=C(\O)c3ccc(F)c(C)c3)C(=O)C(=O)N2c2ccc(C)c(C)c2)cc1. The highest BCUT2D eigenvalue weighted by Crippen LogP contribution is 2.43. The van der Waals surface area contributed by atoms with E-state index < -0.39 is 35.3 Å². The van der Waals surface area contributed by atoms with E-state index >= 15 is 0 Å². The number of anilines is 1. The van der Waals surface area contributed by atoms with Crippen LogP contribution in [0.2, 0.25) is 0 Å². The maximum Gasteiger partial charge on any atom is 0.308 e. The van der Waals surface area contributed by atoms with Crippen molar-refractivity contribution in [1.29, 1.82) is 0 Å². The molecule has 6 nitrogen and oxygen atoms in total. The Kier molecular flexibility index (Phi) is 6.26. The zero-order valence-electron chi connectivity index (χ0n) is 19.8. The lowest BCUT2D eigenvalue weighted by Gasteiger charge is -2.26. The van der Waals surface area contributed by atoms with Gasteiger partial charge in [-0.1, -0.05) is 18.2 Å². The number of aliphatic hydroxyl groups is 1. The van der Waals surface area contributed by atoms with Gasteiger partial charge in [0.1, 0.15) is 17.3 Å². The topological polar surface area (TPSA) is 83.9 Å². The van der Waals surface area contributed by atoms with E-state index in [9.17, 15) is 23.9 Å². The van der Waals surface area contributed by atoms with E-state index in [-0.39, 0.29) is 11.1 Å². The Labute approximate surface area is 202 Å². The quantitative estimate of drug-likeness (QED) is 0.183. The first kappa shape index (κ1) is 23.9. The van der Waals surface area contributed by atoms with Crippen LogP contribution in [-0.2, 0) is 14.4 Å². The van der Waals surface area contributed by atoms with Crippen molar-refractivity contribution in [2.24, 2.45) is 0 Å². The molecule has 1 amide bonds. The predicted octanol–water partition coefficient (Wildman–Crippen LogP) is 5.30. The van der Waals surface area contributed by atoms with Crippen molar-refractivity contribution in [3.63, 3.8) is 0 Å². The van der Waals surface area contributed by atoms with Crippen LogP contribution in [0.1, 0.15) is 40.8 Å². The summed E-state index contributed by atoms with van der Waals surface area (Å²) < 4.78 is 18.9. The molecular weight excluding hydrogens is 449 g/mol. The maximum absolute atomic E-state index is 13.8. The van der Waals surface area contributed by atoms with Gasteiger partial charge in [-0.3, -0.25) is 19.3 Å². The molecule has 4 rings (SSSR count). The number of benzene rings is 3. The van der Waals surface area contributed by atoms with Gasteiger partial charge in [0.25, 0.3) is 11.7 Å². The van der Waals surface area contributed by atoms with Crippen molar-refractivity contribution < 1.29 is 28.6 Å². The number of carbonyl (C=O) groups excluding carboxylic acids is 3. The van der Waals surface area contributed by atoms with Gasteiger partial charge in [0, 0.05) is 18.2 Å². The largest absolute Gasteiger partial charge is 0.507 e. The molecule has 0 aromatic heterocycles. The van der Waals surface area contributed by atoms with Crippen LogP contribution in [0.25, 0.3) is 5.76 Å². The Hall–Kier alpha value is -4.26. The summed E-state index contributed by atoms with van der Waals surface area (Å²) in [5.41, 5.74) is 3.39. The van der Waals surface area contributed by atoms with Crippen molar-refractivity contribution in [3.05, 3.63) is 99.9 Å². The molecule has 35 heavy (non-hydrogen) atoms. The molecule has 0 aliphatic carbocycles. The number of ether oxygens (including phenoxy) is 1. The van der Waals surface area contributed by atoms with Gasteiger partial charge >= 0.3 is 5.97 Å². The monoisotopic (exact) mass is 473 g/mol. The van der Waals surface area contributed by atoms with Crippen molar-refractivity contribution in [2.45, 2.75) is 33.7 Å². The third-order valence-corrected chi connectivity index (χ3v) is 6.10. The number of carbonyl (C=O) groups is 3. The Balaban J connectivity index is 1.92. The number of nitrogens with zero attached hydrogens (tertiary/aromatic N) is 1. The molecule has 1 saturated heterocycles. The van der Waals surface area contributed by atoms with Gasteiger partial charge in [0.15, 0.2) is 0 Å². The summed E-state index contributed by atoms with van der Waals surface area (Å²) in [6.45, 7) is 6.67. The number of hydrogen-bond acceptors (Lipinski definition) is 5. The third kappa shape index (κ3) is 4.45. The summed E-state index contributed by atoms with van der Waals surface area (Å²) in [6.07, 6.45) is 0. The molecular formula is C28H24FNO5.